The standard InChI is InChI=1S/C18H15BrN2O3/c1-11-15(17(22)20-12-7-3-2-4-8-12)13-9-5-6-10-14(13)21(19)16(11)18(23)24/h2-10,15-16H,1H2,(H,20,22)(H,23,24). The first-order valence-corrected chi connectivity index (χ1v) is 8.03. The van der Waals surface area contributed by atoms with Crippen LogP contribution in [-0.4, -0.2) is 23.0 Å². The first kappa shape index (κ1) is 16.3. The van der Waals surface area contributed by atoms with Crippen LogP contribution >= 0.6 is 16.1 Å². The number of carboxylic acids is 1. The van der Waals surface area contributed by atoms with Crippen molar-refractivity contribution >= 4 is 39.4 Å². The van der Waals surface area contributed by atoms with Gasteiger partial charge in [0.15, 0.2) is 6.04 Å². The fourth-order valence-electron chi connectivity index (χ4n) is 2.87. The molecule has 0 saturated carbocycles. The number of amides is 1. The second kappa shape index (κ2) is 6.49. The van der Waals surface area contributed by atoms with Gasteiger partial charge in [-0.05, 0) is 29.3 Å². The largest absolute Gasteiger partial charge is 0.479 e. The minimum atomic E-state index is -1.07. The summed E-state index contributed by atoms with van der Waals surface area (Å²) in [5, 5.41) is 12.4. The Hall–Kier alpha value is -2.60. The number of para-hydroxylation sites is 2. The van der Waals surface area contributed by atoms with Gasteiger partial charge in [-0.25, -0.2) is 4.79 Å². The molecule has 24 heavy (non-hydrogen) atoms. The first-order valence-electron chi connectivity index (χ1n) is 7.32. The van der Waals surface area contributed by atoms with Crippen LogP contribution < -0.4 is 9.24 Å². The van der Waals surface area contributed by atoms with Gasteiger partial charge in [-0.3, -0.25) is 8.72 Å². The summed E-state index contributed by atoms with van der Waals surface area (Å²) in [6, 6.07) is 15.2. The number of carboxylic acid groups (broad SMARTS) is 1. The van der Waals surface area contributed by atoms with E-state index in [1.807, 2.05) is 30.3 Å². The fourth-order valence-corrected chi connectivity index (χ4v) is 3.63. The molecule has 0 aromatic heterocycles. The molecule has 3 rings (SSSR count). The number of nitrogens with zero attached hydrogens (tertiary/aromatic N) is 1. The van der Waals surface area contributed by atoms with Gasteiger partial charge < -0.3 is 10.4 Å². The van der Waals surface area contributed by atoms with Gasteiger partial charge in [0.1, 0.15) is 0 Å². The van der Waals surface area contributed by atoms with Crippen molar-refractivity contribution in [3.05, 3.63) is 72.3 Å². The molecular weight excluding hydrogens is 372 g/mol. The van der Waals surface area contributed by atoms with Crippen LogP contribution in [0.1, 0.15) is 11.5 Å². The van der Waals surface area contributed by atoms with Crippen LogP contribution in [0.15, 0.2) is 66.7 Å². The number of carbonyl (C=O) groups excluding carboxylic acids is 1. The average Bonchev–Trinajstić information content (AvgIpc) is 2.55. The van der Waals surface area contributed by atoms with E-state index in [1.54, 1.807) is 24.3 Å². The maximum Gasteiger partial charge on any atom is 0.331 e. The molecule has 1 heterocycles. The third kappa shape index (κ3) is 2.80. The summed E-state index contributed by atoms with van der Waals surface area (Å²) >= 11 is 3.30. The SMILES string of the molecule is C=C1C(C(=O)Nc2ccccc2)c2ccccc2N(Br)C1C(=O)O. The fraction of sp³-hybridized carbons (Fsp3) is 0.111. The van der Waals surface area contributed by atoms with Gasteiger partial charge in [-0.1, -0.05) is 43.0 Å². The summed E-state index contributed by atoms with van der Waals surface area (Å²) in [7, 11) is 0. The molecule has 2 aromatic carbocycles. The Bertz CT molecular complexity index is 807. The molecule has 2 atom stereocenters. The highest BCUT2D eigenvalue weighted by Crippen LogP contribution is 2.43. The lowest BCUT2D eigenvalue weighted by molar-refractivity contribution is -0.137. The molecule has 2 N–H and O–H groups in total. The van der Waals surface area contributed by atoms with Crippen LogP contribution in [0.4, 0.5) is 11.4 Å². The van der Waals surface area contributed by atoms with Crippen LogP contribution in [0.25, 0.3) is 0 Å². The summed E-state index contributed by atoms with van der Waals surface area (Å²) in [5.41, 5.74) is 2.32. The van der Waals surface area contributed by atoms with Crippen LogP contribution in [0.3, 0.4) is 0 Å². The van der Waals surface area contributed by atoms with E-state index in [1.165, 1.54) is 3.93 Å². The van der Waals surface area contributed by atoms with E-state index in [9.17, 15) is 14.7 Å². The van der Waals surface area contributed by atoms with Crippen molar-refractivity contribution in [1.82, 2.24) is 0 Å². The number of rotatable bonds is 3. The zero-order valence-electron chi connectivity index (χ0n) is 12.6. The topological polar surface area (TPSA) is 69.6 Å². The normalized spacial score (nSPS) is 19.5. The molecule has 0 fully saturated rings. The Kier molecular flexibility index (Phi) is 4.40. The number of aliphatic carboxylic acids is 1. The van der Waals surface area contributed by atoms with Gasteiger partial charge in [0.25, 0.3) is 0 Å². The molecule has 0 radical (unpaired) electrons. The van der Waals surface area contributed by atoms with Gasteiger partial charge in [-0.15, -0.1) is 0 Å². The van der Waals surface area contributed by atoms with Crippen molar-refractivity contribution in [1.29, 1.82) is 0 Å². The van der Waals surface area contributed by atoms with Gasteiger partial charge in [0.2, 0.25) is 5.91 Å². The number of fused-ring (bicyclic) bond motifs is 1. The van der Waals surface area contributed by atoms with E-state index in [0.717, 1.165) is 0 Å². The maximum atomic E-state index is 12.8. The third-order valence-electron chi connectivity index (χ3n) is 3.96. The molecule has 2 aromatic rings. The predicted octanol–water partition coefficient (Wildman–Crippen LogP) is 3.55. The van der Waals surface area contributed by atoms with Gasteiger partial charge in [0.05, 0.1) is 27.8 Å². The molecule has 0 spiro atoms. The molecule has 1 aliphatic rings. The van der Waals surface area contributed by atoms with Crippen LogP contribution in [0.5, 0.6) is 0 Å². The van der Waals surface area contributed by atoms with Crippen molar-refractivity contribution in [2.45, 2.75) is 12.0 Å². The lowest BCUT2D eigenvalue weighted by Crippen LogP contribution is -2.44. The minimum absolute atomic E-state index is 0.300. The average molecular weight is 387 g/mol. The minimum Gasteiger partial charge on any atom is -0.479 e. The molecule has 6 heteroatoms. The summed E-state index contributed by atoms with van der Waals surface area (Å²) in [6.07, 6.45) is 0. The van der Waals surface area contributed by atoms with E-state index in [-0.39, 0.29) is 5.91 Å². The highest BCUT2D eigenvalue weighted by Gasteiger charge is 2.42. The highest BCUT2D eigenvalue weighted by molar-refractivity contribution is 9.10. The molecule has 5 nitrogen and oxygen atoms in total. The van der Waals surface area contributed by atoms with Gasteiger partial charge in [0, 0.05) is 5.69 Å². The van der Waals surface area contributed by atoms with E-state index in [0.29, 0.717) is 22.5 Å². The van der Waals surface area contributed by atoms with Crippen LogP contribution in [0, 0.1) is 0 Å². The Morgan fingerprint density at radius 3 is 2.38 bits per heavy atom. The molecular formula is C18H15BrN2O3. The molecule has 1 aliphatic heterocycles. The van der Waals surface area contributed by atoms with Crippen molar-refractivity contribution in [3.63, 3.8) is 0 Å². The summed E-state index contributed by atoms with van der Waals surface area (Å²) in [4.78, 5) is 24.5. The lowest BCUT2D eigenvalue weighted by atomic mass is 9.82. The second-order valence-corrected chi connectivity index (χ2v) is 6.24. The molecule has 1 amide bonds. The Morgan fingerprint density at radius 2 is 1.71 bits per heavy atom. The summed E-state index contributed by atoms with van der Waals surface area (Å²) in [6.45, 7) is 3.90. The highest BCUT2D eigenvalue weighted by atomic mass is 79.9. The van der Waals surface area contributed by atoms with Gasteiger partial charge in [-0.2, -0.15) is 0 Å². The second-order valence-electron chi connectivity index (χ2n) is 5.47. The number of hydrogen-bond donors (Lipinski definition) is 2. The summed E-state index contributed by atoms with van der Waals surface area (Å²) in [5.74, 6) is -2.11. The lowest BCUT2D eigenvalue weighted by Gasteiger charge is -2.37. The van der Waals surface area contributed by atoms with E-state index in [4.69, 9.17) is 0 Å². The summed E-state index contributed by atoms with van der Waals surface area (Å²) < 4.78 is 1.46. The molecule has 0 saturated heterocycles. The van der Waals surface area contributed by atoms with E-state index >= 15 is 0 Å². The maximum absolute atomic E-state index is 12.8. The number of halogens is 1. The van der Waals surface area contributed by atoms with Crippen molar-refractivity contribution in [3.8, 4) is 0 Å². The van der Waals surface area contributed by atoms with Crippen molar-refractivity contribution < 1.29 is 14.7 Å². The van der Waals surface area contributed by atoms with Crippen LogP contribution in [0.2, 0.25) is 0 Å². The smallest absolute Gasteiger partial charge is 0.331 e. The Labute approximate surface area is 147 Å². The monoisotopic (exact) mass is 386 g/mol. The number of carbonyl (C=O) groups is 2. The molecule has 0 bridgehead atoms. The first-order chi connectivity index (χ1) is 11.5. The number of anilines is 2. The predicted molar refractivity (Wildman–Crippen MR) is 96.2 cm³/mol. The van der Waals surface area contributed by atoms with E-state index < -0.39 is 17.9 Å². The van der Waals surface area contributed by atoms with Crippen LogP contribution in [-0.2, 0) is 9.59 Å². The third-order valence-corrected chi connectivity index (χ3v) is 4.76. The molecule has 0 aliphatic carbocycles. The number of benzene rings is 2. The number of nitrogens with one attached hydrogen (secondary N) is 1. The quantitative estimate of drug-likeness (QED) is 0.625. The van der Waals surface area contributed by atoms with E-state index in [2.05, 4.69) is 28.0 Å². The Balaban J connectivity index is 2.01. The zero-order chi connectivity index (χ0) is 17.3. The van der Waals surface area contributed by atoms with Gasteiger partial charge >= 0.3 is 5.97 Å². The molecule has 2 unspecified atom stereocenters. The van der Waals surface area contributed by atoms with Crippen molar-refractivity contribution in [2.75, 3.05) is 9.24 Å². The Morgan fingerprint density at radius 1 is 1.08 bits per heavy atom. The zero-order valence-corrected chi connectivity index (χ0v) is 14.2. The van der Waals surface area contributed by atoms with Crippen molar-refractivity contribution in [2.24, 2.45) is 0 Å². The number of hydrogen-bond acceptors (Lipinski definition) is 3. The molecule has 122 valence electrons.